The van der Waals surface area contributed by atoms with E-state index in [4.69, 9.17) is 9.47 Å². The Bertz CT molecular complexity index is 858. The highest BCUT2D eigenvalue weighted by atomic mass is 16.5. The van der Waals surface area contributed by atoms with E-state index in [9.17, 15) is 4.79 Å². The third kappa shape index (κ3) is 4.71. The van der Waals surface area contributed by atoms with E-state index >= 15 is 0 Å². The molecule has 2 aliphatic rings. The summed E-state index contributed by atoms with van der Waals surface area (Å²) in [5.41, 5.74) is 3.42. The molecule has 0 radical (unpaired) electrons. The Morgan fingerprint density at radius 3 is 2.27 bits per heavy atom. The molecule has 0 saturated heterocycles. The topological polar surface area (TPSA) is 35.5 Å². The maximum Gasteiger partial charge on any atom is 0.166 e. The van der Waals surface area contributed by atoms with E-state index in [0.717, 1.165) is 35.6 Å². The first-order valence-corrected chi connectivity index (χ1v) is 11.5. The maximum atomic E-state index is 13.1. The molecular formula is C27H34O3. The van der Waals surface area contributed by atoms with Crippen LogP contribution in [0.3, 0.4) is 0 Å². The Labute approximate surface area is 180 Å². The minimum Gasteiger partial charge on any atom is -0.493 e. The predicted octanol–water partition coefficient (Wildman–Crippen LogP) is 6.28. The van der Waals surface area contributed by atoms with Gasteiger partial charge in [0.25, 0.3) is 0 Å². The minimum atomic E-state index is 0.119. The lowest BCUT2D eigenvalue weighted by atomic mass is 9.79. The molecule has 0 amide bonds. The quantitative estimate of drug-likeness (QED) is 0.566. The van der Waals surface area contributed by atoms with Gasteiger partial charge < -0.3 is 9.47 Å². The zero-order chi connectivity index (χ0) is 20.9. The highest BCUT2D eigenvalue weighted by molar-refractivity contribution is 6.02. The number of Topliss-reactive ketones (excluding diaryl/α,β-unsaturated/α-hetero) is 1. The molecule has 0 aromatic heterocycles. The monoisotopic (exact) mass is 406 g/mol. The summed E-state index contributed by atoms with van der Waals surface area (Å²) in [6.07, 6.45) is 10.8. The largest absolute Gasteiger partial charge is 0.493 e. The smallest absolute Gasteiger partial charge is 0.166 e. The number of carbonyl (C=O) groups is 1. The lowest BCUT2D eigenvalue weighted by molar-refractivity contribution is 0.0912. The molecule has 2 aromatic rings. The van der Waals surface area contributed by atoms with Crippen molar-refractivity contribution in [2.45, 2.75) is 57.8 Å². The molecule has 3 unspecified atom stereocenters. The van der Waals surface area contributed by atoms with E-state index in [1.807, 2.05) is 12.1 Å². The molecule has 0 N–H and O–H groups in total. The summed E-state index contributed by atoms with van der Waals surface area (Å²) in [7, 11) is 3.28. The third-order valence-electron chi connectivity index (χ3n) is 7.15. The number of carbonyl (C=O) groups excluding carboxylic acids is 1. The second-order valence-corrected chi connectivity index (χ2v) is 9.15. The fourth-order valence-corrected chi connectivity index (χ4v) is 5.50. The van der Waals surface area contributed by atoms with Gasteiger partial charge in [0.2, 0.25) is 0 Å². The SMILES string of the molecule is COc1cc2c(cc1OC)C(=O)C(CC1CCCCC(Cc3ccccc3)CC1)C2. The molecular weight excluding hydrogens is 372 g/mol. The number of ether oxygens (including phenoxy) is 2. The summed E-state index contributed by atoms with van der Waals surface area (Å²) in [6.45, 7) is 0. The van der Waals surface area contributed by atoms with Crippen molar-refractivity contribution < 1.29 is 14.3 Å². The zero-order valence-corrected chi connectivity index (χ0v) is 18.4. The van der Waals surface area contributed by atoms with Crippen LogP contribution in [0.5, 0.6) is 11.5 Å². The van der Waals surface area contributed by atoms with Gasteiger partial charge in [-0.3, -0.25) is 4.79 Å². The van der Waals surface area contributed by atoms with Crippen LogP contribution in [0.15, 0.2) is 42.5 Å². The van der Waals surface area contributed by atoms with Crippen molar-refractivity contribution in [2.75, 3.05) is 14.2 Å². The predicted molar refractivity (Wildman–Crippen MR) is 121 cm³/mol. The normalized spacial score (nSPS) is 24.1. The van der Waals surface area contributed by atoms with Crippen molar-refractivity contribution >= 4 is 5.78 Å². The molecule has 1 fully saturated rings. The Morgan fingerprint density at radius 2 is 1.53 bits per heavy atom. The van der Waals surface area contributed by atoms with Crippen LogP contribution in [-0.2, 0) is 12.8 Å². The van der Waals surface area contributed by atoms with Gasteiger partial charge in [-0.05, 0) is 60.8 Å². The Hall–Kier alpha value is -2.29. The molecule has 3 heteroatoms. The van der Waals surface area contributed by atoms with E-state index in [1.54, 1.807) is 14.2 Å². The van der Waals surface area contributed by atoms with Gasteiger partial charge in [-0.2, -0.15) is 0 Å². The summed E-state index contributed by atoms with van der Waals surface area (Å²) >= 11 is 0. The molecule has 0 bridgehead atoms. The van der Waals surface area contributed by atoms with Crippen molar-refractivity contribution in [3.63, 3.8) is 0 Å². The van der Waals surface area contributed by atoms with Crippen LogP contribution >= 0.6 is 0 Å². The average molecular weight is 407 g/mol. The second-order valence-electron chi connectivity index (χ2n) is 9.15. The number of rotatable bonds is 6. The first-order chi connectivity index (χ1) is 14.7. The van der Waals surface area contributed by atoms with E-state index in [-0.39, 0.29) is 5.92 Å². The standard InChI is InChI=1S/C27H34O3/c1-29-25-17-22-16-23(27(28)24(22)18-26(25)30-2)15-21-11-7-6-10-20(12-13-21)14-19-8-4-3-5-9-19/h3-5,8-9,17-18,20-21,23H,6-7,10-16H2,1-2H3. The van der Waals surface area contributed by atoms with E-state index < -0.39 is 0 Å². The van der Waals surface area contributed by atoms with E-state index in [2.05, 4.69) is 30.3 Å². The summed E-state index contributed by atoms with van der Waals surface area (Å²) in [6, 6.07) is 14.8. The van der Waals surface area contributed by atoms with E-state index in [1.165, 1.54) is 50.5 Å². The lowest BCUT2D eigenvalue weighted by Crippen LogP contribution is -2.18. The van der Waals surface area contributed by atoms with Gasteiger partial charge in [0.15, 0.2) is 17.3 Å². The van der Waals surface area contributed by atoms with Gasteiger partial charge in [-0.1, -0.05) is 62.4 Å². The lowest BCUT2D eigenvalue weighted by Gasteiger charge is -2.26. The molecule has 160 valence electrons. The Balaban J connectivity index is 1.38. The van der Waals surface area contributed by atoms with Crippen LogP contribution in [0.25, 0.3) is 0 Å². The number of fused-ring (bicyclic) bond motifs is 1. The van der Waals surface area contributed by atoms with Crippen molar-refractivity contribution in [1.82, 2.24) is 0 Å². The van der Waals surface area contributed by atoms with Crippen molar-refractivity contribution in [2.24, 2.45) is 17.8 Å². The first kappa shape index (κ1) is 21.0. The molecule has 3 nitrogen and oxygen atoms in total. The fraction of sp³-hybridized carbons (Fsp3) is 0.519. The van der Waals surface area contributed by atoms with Crippen molar-refractivity contribution in [3.8, 4) is 11.5 Å². The van der Waals surface area contributed by atoms with Gasteiger partial charge in [-0.15, -0.1) is 0 Å². The van der Waals surface area contributed by atoms with Crippen LogP contribution < -0.4 is 9.47 Å². The molecule has 0 heterocycles. The number of benzene rings is 2. The number of hydrogen-bond acceptors (Lipinski definition) is 3. The maximum absolute atomic E-state index is 13.1. The molecule has 2 aromatic carbocycles. The molecule has 30 heavy (non-hydrogen) atoms. The van der Waals surface area contributed by atoms with Gasteiger partial charge in [-0.25, -0.2) is 0 Å². The third-order valence-corrected chi connectivity index (χ3v) is 7.15. The molecule has 3 atom stereocenters. The van der Waals surface area contributed by atoms with Gasteiger partial charge in [0, 0.05) is 11.5 Å². The summed E-state index contributed by atoms with van der Waals surface area (Å²) < 4.78 is 10.8. The molecule has 1 saturated carbocycles. The summed E-state index contributed by atoms with van der Waals surface area (Å²) in [5.74, 6) is 3.23. The number of methoxy groups -OCH3 is 2. The molecule has 0 aliphatic heterocycles. The Kier molecular flexibility index (Phi) is 6.76. The Morgan fingerprint density at radius 1 is 0.867 bits per heavy atom. The van der Waals surface area contributed by atoms with Crippen LogP contribution in [0.1, 0.15) is 66.4 Å². The van der Waals surface area contributed by atoms with Crippen LogP contribution in [0.2, 0.25) is 0 Å². The molecule has 4 rings (SSSR count). The summed E-state index contributed by atoms with van der Waals surface area (Å²) in [5, 5.41) is 0. The second kappa shape index (κ2) is 9.68. The van der Waals surface area contributed by atoms with Gasteiger partial charge in [0.1, 0.15) is 0 Å². The number of hydrogen-bond donors (Lipinski definition) is 0. The number of ketones is 1. The zero-order valence-electron chi connectivity index (χ0n) is 18.4. The minimum absolute atomic E-state index is 0.119. The van der Waals surface area contributed by atoms with Gasteiger partial charge >= 0.3 is 0 Å². The van der Waals surface area contributed by atoms with Gasteiger partial charge in [0.05, 0.1) is 14.2 Å². The highest BCUT2D eigenvalue weighted by Crippen LogP contribution is 2.40. The first-order valence-electron chi connectivity index (χ1n) is 11.5. The molecule has 2 aliphatic carbocycles. The van der Waals surface area contributed by atoms with Crippen LogP contribution in [-0.4, -0.2) is 20.0 Å². The van der Waals surface area contributed by atoms with Crippen LogP contribution in [0, 0.1) is 17.8 Å². The van der Waals surface area contributed by atoms with Crippen molar-refractivity contribution in [3.05, 3.63) is 59.2 Å². The highest BCUT2D eigenvalue weighted by Gasteiger charge is 2.34. The molecule has 0 spiro atoms. The fourth-order valence-electron chi connectivity index (χ4n) is 5.50. The van der Waals surface area contributed by atoms with Crippen molar-refractivity contribution in [1.29, 1.82) is 0 Å². The van der Waals surface area contributed by atoms with E-state index in [0.29, 0.717) is 17.5 Å². The average Bonchev–Trinajstić information content (AvgIpc) is 3.06. The summed E-state index contributed by atoms with van der Waals surface area (Å²) in [4.78, 5) is 13.1. The van der Waals surface area contributed by atoms with Crippen LogP contribution in [0.4, 0.5) is 0 Å².